The van der Waals surface area contributed by atoms with Crippen LogP contribution in [0.25, 0.3) is 0 Å². The van der Waals surface area contributed by atoms with E-state index in [4.69, 9.17) is 21.1 Å². The summed E-state index contributed by atoms with van der Waals surface area (Å²) < 4.78 is 37.7. The van der Waals surface area contributed by atoms with Gasteiger partial charge in [0.1, 0.15) is 0 Å². The van der Waals surface area contributed by atoms with E-state index in [9.17, 15) is 8.42 Å². The molecule has 0 saturated carbocycles. The summed E-state index contributed by atoms with van der Waals surface area (Å²) in [6, 6.07) is 9.36. The van der Waals surface area contributed by atoms with Crippen molar-refractivity contribution in [2.75, 3.05) is 25.6 Å². The van der Waals surface area contributed by atoms with Crippen LogP contribution in [0, 0.1) is 0 Å². The molecule has 0 aliphatic carbocycles. The van der Waals surface area contributed by atoms with Gasteiger partial charge in [-0.1, -0.05) is 11.6 Å². The van der Waals surface area contributed by atoms with Crippen LogP contribution in [-0.2, 0) is 10.0 Å². The van der Waals surface area contributed by atoms with E-state index < -0.39 is 10.0 Å². The lowest BCUT2D eigenvalue weighted by Crippen LogP contribution is -2.26. The van der Waals surface area contributed by atoms with E-state index in [1.807, 2.05) is 0 Å². The van der Waals surface area contributed by atoms with Gasteiger partial charge in [-0.05, 0) is 46.3 Å². The molecule has 8 heteroatoms. The molecule has 0 unspecified atom stereocenters. The van der Waals surface area contributed by atoms with Crippen molar-refractivity contribution in [2.45, 2.75) is 4.90 Å². The van der Waals surface area contributed by atoms with Crippen LogP contribution in [0.3, 0.4) is 0 Å². The summed E-state index contributed by atoms with van der Waals surface area (Å²) in [5.74, 6) is 0.802. The number of rotatable bonds is 5. The molecular formula is C15H15BrClNO4S. The molecule has 124 valence electrons. The first-order valence-corrected chi connectivity index (χ1v) is 9.08. The standard InChI is InChI=1S/C15H15BrClNO4S/c1-18(10-4-6-12(16)13(17)8-10)23(19,20)11-5-7-14(21-2)15(9-11)22-3/h4-9H,1-3H3. The highest BCUT2D eigenvalue weighted by Crippen LogP contribution is 2.33. The van der Waals surface area contributed by atoms with Gasteiger partial charge >= 0.3 is 0 Å². The first-order chi connectivity index (χ1) is 10.8. The molecule has 2 aromatic rings. The fourth-order valence-electron chi connectivity index (χ4n) is 1.95. The Morgan fingerprint density at radius 1 is 1.04 bits per heavy atom. The van der Waals surface area contributed by atoms with E-state index in [0.29, 0.717) is 26.7 Å². The van der Waals surface area contributed by atoms with Crippen LogP contribution < -0.4 is 13.8 Å². The van der Waals surface area contributed by atoms with E-state index in [0.717, 1.165) is 4.31 Å². The lowest BCUT2D eigenvalue weighted by atomic mass is 10.3. The minimum absolute atomic E-state index is 0.0942. The number of benzene rings is 2. The molecule has 0 saturated heterocycles. The lowest BCUT2D eigenvalue weighted by molar-refractivity contribution is 0.354. The third-order valence-electron chi connectivity index (χ3n) is 3.28. The molecule has 0 radical (unpaired) electrons. The van der Waals surface area contributed by atoms with E-state index in [1.54, 1.807) is 24.3 Å². The Morgan fingerprint density at radius 3 is 2.26 bits per heavy atom. The molecule has 2 aromatic carbocycles. The second kappa shape index (κ2) is 6.98. The molecular weight excluding hydrogens is 406 g/mol. The zero-order valence-electron chi connectivity index (χ0n) is 12.7. The number of halogens is 2. The number of sulfonamides is 1. The normalized spacial score (nSPS) is 11.2. The quantitative estimate of drug-likeness (QED) is 0.735. The summed E-state index contributed by atoms with van der Waals surface area (Å²) in [4.78, 5) is 0.0942. The molecule has 0 N–H and O–H groups in total. The summed E-state index contributed by atoms with van der Waals surface area (Å²) in [5, 5.41) is 0.428. The van der Waals surface area contributed by atoms with Gasteiger partial charge in [0.25, 0.3) is 10.0 Å². The van der Waals surface area contributed by atoms with E-state index in [1.165, 1.54) is 33.4 Å². The lowest BCUT2D eigenvalue weighted by Gasteiger charge is -2.20. The smallest absolute Gasteiger partial charge is 0.264 e. The fraction of sp³-hybridized carbons (Fsp3) is 0.200. The first-order valence-electron chi connectivity index (χ1n) is 6.47. The zero-order valence-corrected chi connectivity index (χ0v) is 15.9. The number of anilines is 1. The Bertz CT molecular complexity index is 826. The van der Waals surface area contributed by atoms with Crippen molar-refractivity contribution < 1.29 is 17.9 Å². The largest absolute Gasteiger partial charge is 0.493 e. The maximum Gasteiger partial charge on any atom is 0.264 e. The Kier molecular flexibility index (Phi) is 5.44. The second-order valence-corrected chi connectivity index (χ2v) is 7.82. The molecule has 0 atom stereocenters. The molecule has 0 aliphatic heterocycles. The third kappa shape index (κ3) is 3.57. The van der Waals surface area contributed by atoms with Crippen LogP contribution in [-0.4, -0.2) is 29.7 Å². The second-order valence-electron chi connectivity index (χ2n) is 4.59. The molecule has 0 heterocycles. The van der Waals surface area contributed by atoms with Crippen LogP contribution in [0.2, 0.25) is 5.02 Å². The summed E-state index contributed by atoms with van der Waals surface area (Å²) in [6.07, 6.45) is 0. The van der Waals surface area contributed by atoms with Gasteiger partial charge < -0.3 is 9.47 Å². The number of methoxy groups -OCH3 is 2. The molecule has 0 bridgehead atoms. The highest BCUT2D eigenvalue weighted by Gasteiger charge is 2.23. The maximum atomic E-state index is 12.8. The van der Waals surface area contributed by atoms with Crippen molar-refractivity contribution in [2.24, 2.45) is 0 Å². The molecule has 2 rings (SSSR count). The van der Waals surface area contributed by atoms with Gasteiger partial charge in [-0.2, -0.15) is 0 Å². The fourth-order valence-corrected chi connectivity index (χ4v) is 3.58. The van der Waals surface area contributed by atoms with Gasteiger partial charge in [-0.3, -0.25) is 4.31 Å². The van der Waals surface area contributed by atoms with Crippen LogP contribution in [0.5, 0.6) is 11.5 Å². The van der Waals surface area contributed by atoms with Gasteiger partial charge in [0, 0.05) is 17.6 Å². The molecule has 0 aromatic heterocycles. The number of hydrogen-bond donors (Lipinski definition) is 0. The topological polar surface area (TPSA) is 55.8 Å². The van der Waals surface area contributed by atoms with Gasteiger partial charge in [0.15, 0.2) is 11.5 Å². The van der Waals surface area contributed by atoms with Crippen molar-refractivity contribution in [1.82, 2.24) is 0 Å². The van der Waals surface area contributed by atoms with Gasteiger partial charge in [-0.15, -0.1) is 0 Å². The monoisotopic (exact) mass is 419 g/mol. The summed E-state index contributed by atoms with van der Waals surface area (Å²) in [5.41, 5.74) is 0.452. The van der Waals surface area contributed by atoms with Crippen LogP contribution in [0.4, 0.5) is 5.69 Å². The van der Waals surface area contributed by atoms with Crippen LogP contribution in [0.1, 0.15) is 0 Å². The zero-order chi connectivity index (χ0) is 17.2. The predicted molar refractivity (Wildman–Crippen MR) is 94.3 cm³/mol. The maximum absolute atomic E-state index is 12.8. The van der Waals surface area contributed by atoms with Gasteiger partial charge in [-0.25, -0.2) is 8.42 Å². The average Bonchev–Trinajstić information content (AvgIpc) is 2.55. The minimum Gasteiger partial charge on any atom is -0.493 e. The van der Waals surface area contributed by atoms with Crippen molar-refractivity contribution in [3.8, 4) is 11.5 Å². The summed E-state index contributed by atoms with van der Waals surface area (Å²) >= 11 is 9.31. The van der Waals surface area contributed by atoms with Crippen molar-refractivity contribution in [1.29, 1.82) is 0 Å². The molecule has 0 amide bonds. The number of nitrogens with zero attached hydrogens (tertiary/aromatic N) is 1. The van der Waals surface area contributed by atoms with Crippen LogP contribution in [0.15, 0.2) is 45.8 Å². The molecule has 5 nitrogen and oxygen atoms in total. The summed E-state index contributed by atoms with van der Waals surface area (Å²) in [6.45, 7) is 0. The molecule has 0 fully saturated rings. The van der Waals surface area contributed by atoms with E-state index in [-0.39, 0.29) is 4.90 Å². The first kappa shape index (κ1) is 17.9. The number of hydrogen-bond acceptors (Lipinski definition) is 4. The molecule has 23 heavy (non-hydrogen) atoms. The van der Waals surface area contributed by atoms with Gasteiger partial charge in [0.2, 0.25) is 0 Å². The van der Waals surface area contributed by atoms with Crippen molar-refractivity contribution in [3.63, 3.8) is 0 Å². The highest BCUT2D eigenvalue weighted by atomic mass is 79.9. The summed E-state index contributed by atoms with van der Waals surface area (Å²) in [7, 11) is 0.647. The van der Waals surface area contributed by atoms with Crippen molar-refractivity contribution in [3.05, 3.63) is 45.9 Å². The third-order valence-corrected chi connectivity index (χ3v) is 6.29. The molecule has 0 spiro atoms. The van der Waals surface area contributed by atoms with E-state index >= 15 is 0 Å². The average molecular weight is 421 g/mol. The SMILES string of the molecule is COc1ccc(S(=O)(=O)N(C)c2ccc(Br)c(Cl)c2)cc1OC. The van der Waals surface area contributed by atoms with E-state index in [2.05, 4.69) is 15.9 Å². The Morgan fingerprint density at radius 2 is 1.70 bits per heavy atom. The van der Waals surface area contributed by atoms with Crippen molar-refractivity contribution >= 4 is 43.2 Å². The van der Waals surface area contributed by atoms with Crippen LogP contribution >= 0.6 is 27.5 Å². The van der Waals surface area contributed by atoms with Gasteiger partial charge in [0.05, 0.1) is 29.8 Å². The Balaban J connectivity index is 2.46. The predicted octanol–water partition coefficient (Wildman–Crippen LogP) is 3.94. The highest BCUT2D eigenvalue weighted by molar-refractivity contribution is 9.10. The minimum atomic E-state index is -3.76. The Hall–Kier alpha value is -1.44. The Labute approximate surface area is 149 Å². The number of ether oxygens (including phenoxy) is 2. The molecule has 0 aliphatic rings.